The third-order valence-corrected chi connectivity index (χ3v) is 2.27. The molecule has 16 heavy (non-hydrogen) atoms. The number of hydrogen-bond donors (Lipinski definition) is 5. The Hall–Kier alpha value is -1.79. The molecule has 1 aromatic rings. The van der Waals surface area contributed by atoms with Crippen molar-refractivity contribution in [3.63, 3.8) is 0 Å². The molecule has 0 radical (unpaired) electrons. The smallest absolute Gasteiger partial charge is 0.320 e. The maximum absolute atomic E-state index is 10.5. The van der Waals surface area contributed by atoms with Crippen molar-refractivity contribution < 1.29 is 20.1 Å². The van der Waals surface area contributed by atoms with Crippen molar-refractivity contribution in [3.8, 4) is 5.75 Å². The zero-order chi connectivity index (χ0) is 12.3. The van der Waals surface area contributed by atoms with Crippen LogP contribution >= 0.6 is 0 Å². The molecule has 1 aromatic carbocycles. The van der Waals surface area contributed by atoms with Gasteiger partial charge in [-0.25, -0.2) is 0 Å². The van der Waals surface area contributed by atoms with Gasteiger partial charge in [0.1, 0.15) is 11.8 Å². The van der Waals surface area contributed by atoms with Gasteiger partial charge >= 0.3 is 5.97 Å². The number of phenolic OH excluding ortho intramolecular Hbond substituents is 1. The lowest BCUT2D eigenvalue weighted by molar-refractivity contribution is -0.139. The Kier molecular flexibility index (Phi) is 3.70. The van der Waals surface area contributed by atoms with E-state index in [-0.39, 0.29) is 23.4 Å². The third-order valence-electron chi connectivity index (χ3n) is 2.27. The van der Waals surface area contributed by atoms with E-state index in [4.69, 9.17) is 16.6 Å². The maximum Gasteiger partial charge on any atom is 0.320 e. The number of phenols is 1. The topological polar surface area (TPSA) is 130 Å². The fraction of sp³-hybridized carbons (Fsp3) is 0.300. The second-order valence-corrected chi connectivity index (χ2v) is 3.48. The highest BCUT2D eigenvalue weighted by atomic mass is 16.4. The average molecular weight is 226 g/mol. The first-order valence-corrected chi connectivity index (χ1v) is 4.67. The van der Waals surface area contributed by atoms with E-state index in [0.29, 0.717) is 0 Å². The van der Waals surface area contributed by atoms with E-state index in [2.05, 4.69) is 0 Å². The number of aliphatic hydroxyl groups is 1. The van der Waals surface area contributed by atoms with Crippen molar-refractivity contribution in [1.29, 1.82) is 0 Å². The zero-order valence-electron chi connectivity index (χ0n) is 8.50. The monoisotopic (exact) mass is 226 g/mol. The largest absolute Gasteiger partial charge is 0.506 e. The first kappa shape index (κ1) is 12.3. The molecule has 0 aliphatic rings. The number of aromatic hydroxyl groups is 1. The van der Waals surface area contributed by atoms with Crippen LogP contribution in [0.25, 0.3) is 0 Å². The normalized spacial score (nSPS) is 14.4. The number of carbonyl (C=O) groups is 1. The highest BCUT2D eigenvalue weighted by Gasteiger charge is 2.20. The Bertz CT molecular complexity index is 394. The molecule has 7 N–H and O–H groups in total. The van der Waals surface area contributed by atoms with E-state index >= 15 is 0 Å². The molecule has 0 amide bonds. The molecule has 2 atom stereocenters. The molecule has 0 aliphatic carbocycles. The van der Waals surface area contributed by atoms with Crippen molar-refractivity contribution in [1.82, 2.24) is 0 Å². The van der Waals surface area contributed by atoms with Crippen molar-refractivity contribution in [2.75, 3.05) is 5.73 Å². The number of aliphatic hydroxyl groups excluding tert-OH is 1. The van der Waals surface area contributed by atoms with Crippen molar-refractivity contribution in [2.24, 2.45) is 5.73 Å². The molecule has 0 aliphatic heterocycles. The van der Waals surface area contributed by atoms with Crippen LogP contribution in [0.5, 0.6) is 5.75 Å². The summed E-state index contributed by atoms with van der Waals surface area (Å²) in [5.41, 5.74) is 11.1. The highest BCUT2D eigenvalue weighted by Crippen LogP contribution is 2.30. The highest BCUT2D eigenvalue weighted by molar-refractivity contribution is 5.73. The molecule has 0 fully saturated rings. The van der Waals surface area contributed by atoms with Gasteiger partial charge in [0.15, 0.2) is 0 Å². The van der Waals surface area contributed by atoms with Crippen LogP contribution in [0.3, 0.4) is 0 Å². The number of nitrogens with two attached hydrogens (primary N) is 2. The molecule has 0 saturated carbocycles. The second kappa shape index (κ2) is 4.82. The second-order valence-electron chi connectivity index (χ2n) is 3.48. The molecular weight excluding hydrogens is 212 g/mol. The first-order valence-electron chi connectivity index (χ1n) is 4.67. The van der Waals surface area contributed by atoms with Crippen LogP contribution in [0, 0.1) is 0 Å². The number of nitrogen functional groups attached to an aromatic ring is 1. The molecule has 6 heteroatoms. The Balaban J connectivity index is 2.84. The summed E-state index contributed by atoms with van der Waals surface area (Å²) < 4.78 is 0. The average Bonchev–Trinajstić information content (AvgIpc) is 2.21. The molecule has 6 nitrogen and oxygen atoms in total. The molecule has 88 valence electrons. The van der Waals surface area contributed by atoms with Crippen LogP contribution in [0.1, 0.15) is 18.1 Å². The van der Waals surface area contributed by atoms with Gasteiger partial charge in [-0.3, -0.25) is 4.79 Å². The van der Waals surface area contributed by atoms with Crippen LogP contribution in [-0.2, 0) is 4.79 Å². The van der Waals surface area contributed by atoms with E-state index < -0.39 is 18.1 Å². The lowest BCUT2D eigenvalue weighted by Gasteiger charge is -2.16. The van der Waals surface area contributed by atoms with Gasteiger partial charge in [-0.1, -0.05) is 12.1 Å². The van der Waals surface area contributed by atoms with Crippen molar-refractivity contribution >= 4 is 11.7 Å². The summed E-state index contributed by atoms with van der Waals surface area (Å²) in [6, 6.07) is 3.23. The van der Waals surface area contributed by atoms with Crippen LogP contribution in [0.15, 0.2) is 18.2 Å². The minimum Gasteiger partial charge on any atom is -0.506 e. The predicted molar refractivity (Wildman–Crippen MR) is 57.7 cm³/mol. The summed E-state index contributed by atoms with van der Waals surface area (Å²) in [5, 5.41) is 27.6. The van der Waals surface area contributed by atoms with Crippen LogP contribution in [0.2, 0.25) is 0 Å². The number of carboxylic acids is 1. The minimum absolute atomic E-state index is 0.0348. The summed E-state index contributed by atoms with van der Waals surface area (Å²) in [6.45, 7) is 0. The Morgan fingerprint density at radius 2 is 2.06 bits per heavy atom. The van der Waals surface area contributed by atoms with Gasteiger partial charge in [0, 0.05) is 12.0 Å². The molecule has 0 saturated heterocycles. The van der Waals surface area contributed by atoms with Gasteiger partial charge in [0.25, 0.3) is 0 Å². The zero-order valence-corrected chi connectivity index (χ0v) is 8.50. The van der Waals surface area contributed by atoms with Gasteiger partial charge in [0.05, 0.1) is 11.8 Å². The summed E-state index contributed by atoms with van der Waals surface area (Å²) >= 11 is 0. The van der Waals surface area contributed by atoms with Crippen LogP contribution < -0.4 is 11.5 Å². The minimum atomic E-state index is -1.20. The summed E-state index contributed by atoms with van der Waals surface area (Å²) in [7, 11) is 0. The van der Waals surface area contributed by atoms with E-state index in [1.165, 1.54) is 18.2 Å². The van der Waals surface area contributed by atoms with Gasteiger partial charge in [-0.2, -0.15) is 0 Å². The number of hydrogen-bond acceptors (Lipinski definition) is 5. The van der Waals surface area contributed by atoms with Gasteiger partial charge in [-0.05, 0) is 6.07 Å². The Morgan fingerprint density at radius 1 is 1.44 bits per heavy atom. The van der Waals surface area contributed by atoms with E-state index in [0.717, 1.165) is 0 Å². The number of carboxylic acid groups (broad SMARTS) is 1. The van der Waals surface area contributed by atoms with Crippen LogP contribution in [0.4, 0.5) is 5.69 Å². The summed E-state index contributed by atoms with van der Waals surface area (Å²) in [6.07, 6.45) is -1.28. The van der Waals surface area contributed by atoms with Crippen LogP contribution in [-0.4, -0.2) is 27.3 Å². The Morgan fingerprint density at radius 3 is 2.62 bits per heavy atom. The fourth-order valence-electron chi connectivity index (χ4n) is 1.33. The van der Waals surface area contributed by atoms with E-state index in [1.54, 1.807) is 0 Å². The Labute approximate surface area is 92.1 Å². The molecule has 1 rings (SSSR count). The van der Waals surface area contributed by atoms with Crippen molar-refractivity contribution in [3.05, 3.63) is 23.8 Å². The van der Waals surface area contributed by atoms with Gasteiger partial charge in [0.2, 0.25) is 0 Å². The molecule has 0 bridgehead atoms. The van der Waals surface area contributed by atoms with E-state index in [1.807, 2.05) is 0 Å². The predicted octanol–water partition coefficient (Wildman–Crippen LogP) is -0.190. The molecular formula is C10H14N2O4. The van der Waals surface area contributed by atoms with Crippen molar-refractivity contribution in [2.45, 2.75) is 18.6 Å². The number of benzene rings is 1. The van der Waals surface area contributed by atoms with Gasteiger partial charge < -0.3 is 26.8 Å². The molecule has 0 spiro atoms. The molecule has 0 aromatic heterocycles. The number of rotatable bonds is 4. The summed E-state index contributed by atoms with van der Waals surface area (Å²) in [5.74, 6) is -1.35. The summed E-state index contributed by atoms with van der Waals surface area (Å²) in [4.78, 5) is 10.5. The maximum atomic E-state index is 10.5. The third kappa shape index (κ3) is 2.62. The van der Waals surface area contributed by atoms with E-state index in [9.17, 15) is 15.0 Å². The number of aliphatic carboxylic acids is 1. The SMILES string of the molecule is Nc1c(O)cccc1[C@H](O)C[C@H](N)C(=O)O. The number of para-hydroxylation sites is 1. The first-order chi connectivity index (χ1) is 7.43. The fourth-order valence-corrected chi connectivity index (χ4v) is 1.33. The molecule has 0 heterocycles. The molecule has 0 unspecified atom stereocenters. The lowest BCUT2D eigenvalue weighted by Crippen LogP contribution is -2.32. The number of anilines is 1. The van der Waals surface area contributed by atoms with Gasteiger partial charge in [-0.15, -0.1) is 0 Å². The quantitative estimate of drug-likeness (QED) is 0.357. The standard InChI is InChI=1S/C10H14N2O4/c11-6(10(15)16)4-8(14)5-2-1-3-7(13)9(5)12/h1-3,6,8,13-14H,4,11-12H2,(H,15,16)/t6-,8+/m0/s1. The lowest BCUT2D eigenvalue weighted by atomic mass is 10.0.